The fourth-order valence-electron chi connectivity index (χ4n) is 2.38. The fourth-order valence-corrected chi connectivity index (χ4v) is 2.38. The summed E-state index contributed by atoms with van der Waals surface area (Å²) in [6.07, 6.45) is 3.45. The first-order valence-electron chi connectivity index (χ1n) is 6.23. The van der Waals surface area contributed by atoms with Crippen LogP contribution < -0.4 is 5.32 Å². The van der Waals surface area contributed by atoms with Crippen LogP contribution in [0.5, 0.6) is 0 Å². The summed E-state index contributed by atoms with van der Waals surface area (Å²) in [5.41, 5.74) is 0. The predicted molar refractivity (Wildman–Crippen MR) is 67.5 cm³/mol. The molecule has 1 atom stereocenters. The second kappa shape index (κ2) is 5.79. The largest absolute Gasteiger partial charge is 0.389 e. The van der Waals surface area contributed by atoms with Crippen LogP contribution in [0.4, 0.5) is 5.82 Å². The first-order chi connectivity index (χ1) is 9.11. The Balaban J connectivity index is 1.97. The average molecular weight is 267 g/mol. The molecule has 0 bridgehead atoms. The van der Waals surface area contributed by atoms with E-state index in [1.807, 2.05) is 11.9 Å². The molecule has 0 spiro atoms. The zero-order valence-corrected chi connectivity index (χ0v) is 10.8. The van der Waals surface area contributed by atoms with Crippen LogP contribution in [0.2, 0.25) is 0 Å². The van der Waals surface area contributed by atoms with Crippen LogP contribution in [-0.2, 0) is 11.3 Å². The number of carbonyl (C=O) groups excluding carboxylic acids is 1. The zero-order chi connectivity index (χ0) is 13.8. The first-order valence-corrected chi connectivity index (χ1v) is 6.23. The van der Waals surface area contributed by atoms with Crippen molar-refractivity contribution in [2.75, 3.05) is 20.1 Å². The summed E-state index contributed by atoms with van der Waals surface area (Å²) in [6.45, 7) is 1.56. The van der Waals surface area contributed by atoms with Crippen LogP contribution in [0.15, 0.2) is 12.3 Å². The van der Waals surface area contributed by atoms with Crippen LogP contribution in [-0.4, -0.2) is 51.7 Å². The monoisotopic (exact) mass is 267 g/mol. The SMILES string of the molecule is CNCC1CCCN1C(=O)Cn1ccc([N+](=O)[O-])n1. The maximum atomic E-state index is 12.1. The van der Waals surface area contributed by atoms with Gasteiger partial charge in [0, 0.05) is 19.1 Å². The van der Waals surface area contributed by atoms with Crippen LogP contribution in [0.25, 0.3) is 0 Å². The number of hydrogen-bond donors (Lipinski definition) is 1. The summed E-state index contributed by atoms with van der Waals surface area (Å²) in [7, 11) is 1.86. The van der Waals surface area contributed by atoms with E-state index in [4.69, 9.17) is 0 Å². The Morgan fingerprint density at radius 2 is 2.47 bits per heavy atom. The molecular formula is C11H17N5O3. The summed E-state index contributed by atoms with van der Waals surface area (Å²) in [6, 6.07) is 1.51. The molecule has 0 radical (unpaired) electrons. The van der Waals surface area contributed by atoms with Gasteiger partial charge in [-0.3, -0.25) is 4.79 Å². The highest BCUT2D eigenvalue weighted by Gasteiger charge is 2.28. The molecule has 8 nitrogen and oxygen atoms in total. The lowest BCUT2D eigenvalue weighted by molar-refractivity contribution is -0.389. The average Bonchev–Trinajstić information content (AvgIpc) is 2.98. The standard InChI is InChI=1S/C11H17N5O3/c1-12-7-9-3-2-5-15(9)11(17)8-14-6-4-10(13-14)16(18)19/h4,6,9,12H,2-3,5,7-8H2,1H3. The third-order valence-corrected chi connectivity index (χ3v) is 3.25. The van der Waals surface area contributed by atoms with Gasteiger partial charge in [0.25, 0.3) is 0 Å². The van der Waals surface area contributed by atoms with Gasteiger partial charge >= 0.3 is 5.82 Å². The molecule has 1 fully saturated rings. The maximum absolute atomic E-state index is 12.1. The molecule has 1 aliphatic rings. The van der Waals surface area contributed by atoms with Gasteiger partial charge < -0.3 is 20.3 Å². The molecule has 104 valence electrons. The van der Waals surface area contributed by atoms with Crippen LogP contribution in [0, 0.1) is 10.1 Å². The minimum atomic E-state index is -0.569. The number of amides is 1. The number of aromatic nitrogens is 2. The van der Waals surface area contributed by atoms with E-state index in [0.29, 0.717) is 0 Å². The summed E-state index contributed by atoms with van der Waals surface area (Å²) < 4.78 is 1.31. The minimum Gasteiger partial charge on any atom is -0.358 e. The molecule has 1 N–H and O–H groups in total. The molecule has 2 heterocycles. The Bertz CT molecular complexity index is 473. The van der Waals surface area contributed by atoms with E-state index in [1.54, 1.807) is 0 Å². The third-order valence-electron chi connectivity index (χ3n) is 3.25. The Labute approximate surface area is 110 Å². The molecule has 0 aliphatic carbocycles. The quantitative estimate of drug-likeness (QED) is 0.598. The van der Waals surface area contributed by atoms with Gasteiger partial charge in [0.15, 0.2) is 0 Å². The highest BCUT2D eigenvalue weighted by molar-refractivity contribution is 5.76. The van der Waals surface area contributed by atoms with Gasteiger partial charge in [0.2, 0.25) is 5.91 Å². The molecule has 1 aliphatic heterocycles. The molecule has 1 aromatic heterocycles. The van der Waals surface area contributed by atoms with Gasteiger partial charge in [0.05, 0.1) is 17.4 Å². The number of nitro groups is 1. The second-order valence-electron chi connectivity index (χ2n) is 4.57. The molecular weight excluding hydrogens is 250 g/mol. The highest BCUT2D eigenvalue weighted by atomic mass is 16.6. The Hall–Kier alpha value is -1.96. The summed E-state index contributed by atoms with van der Waals surface area (Å²) in [5.74, 6) is -0.281. The van der Waals surface area contributed by atoms with E-state index in [1.165, 1.54) is 16.9 Å². The smallest absolute Gasteiger partial charge is 0.358 e. The molecule has 1 saturated heterocycles. The summed E-state index contributed by atoms with van der Waals surface area (Å²) in [5, 5.41) is 17.3. The van der Waals surface area contributed by atoms with Gasteiger partial charge in [-0.1, -0.05) is 0 Å². The van der Waals surface area contributed by atoms with E-state index in [0.717, 1.165) is 25.9 Å². The van der Waals surface area contributed by atoms with Gasteiger partial charge in [0.1, 0.15) is 6.54 Å². The van der Waals surface area contributed by atoms with E-state index >= 15 is 0 Å². The number of rotatable bonds is 5. The minimum absolute atomic E-state index is 0.0456. The van der Waals surface area contributed by atoms with Crippen molar-refractivity contribution in [2.45, 2.75) is 25.4 Å². The zero-order valence-electron chi connectivity index (χ0n) is 10.8. The van der Waals surface area contributed by atoms with Gasteiger partial charge in [-0.05, 0) is 24.8 Å². The van der Waals surface area contributed by atoms with Gasteiger partial charge in [-0.15, -0.1) is 0 Å². The van der Waals surface area contributed by atoms with Crippen molar-refractivity contribution in [3.05, 3.63) is 22.4 Å². The molecule has 1 unspecified atom stereocenters. The van der Waals surface area contributed by atoms with Crippen molar-refractivity contribution >= 4 is 11.7 Å². The number of carbonyl (C=O) groups is 1. The van der Waals surface area contributed by atoms with Crippen molar-refractivity contribution < 1.29 is 9.72 Å². The lowest BCUT2D eigenvalue weighted by atomic mass is 10.2. The van der Waals surface area contributed by atoms with Crippen LogP contribution >= 0.6 is 0 Å². The summed E-state index contributed by atoms with van der Waals surface area (Å²) >= 11 is 0. The lowest BCUT2D eigenvalue weighted by Gasteiger charge is -2.24. The molecule has 1 aromatic rings. The van der Waals surface area contributed by atoms with Crippen molar-refractivity contribution in [1.82, 2.24) is 20.0 Å². The van der Waals surface area contributed by atoms with E-state index < -0.39 is 4.92 Å². The highest BCUT2D eigenvalue weighted by Crippen LogP contribution is 2.17. The summed E-state index contributed by atoms with van der Waals surface area (Å²) in [4.78, 5) is 23.9. The molecule has 0 aromatic carbocycles. The molecule has 2 rings (SSSR count). The van der Waals surface area contributed by atoms with E-state index in [-0.39, 0.29) is 24.3 Å². The molecule has 19 heavy (non-hydrogen) atoms. The number of hydrogen-bond acceptors (Lipinski definition) is 5. The number of likely N-dealkylation sites (tertiary alicyclic amines) is 1. The van der Waals surface area contributed by atoms with E-state index in [9.17, 15) is 14.9 Å². The van der Waals surface area contributed by atoms with Crippen molar-refractivity contribution in [2.24, 2.45) is 0 Å². The first kappa shape index (κ1) is 13.5. The number of nitrogens with one attached hydrogen (secondary N) is 1. The Morgan fingerprint density at radius 1 is 1.68 bits per heavy atom. The normalized spacial score (nSPS) is 18.8. The third kappa shape index (κ3) is 3.08. The van der Waals surface area contributed by atoms with Crippen molar-refractivity contribution in [1.29, 1.82) is 0 Å². The lowest BCUT2D eigenvalue weighted by Crippen LogP contribution is -2.42. The molecule has 8 heteroatoms. The maximum Gasteiger partial charge on any atom is 0.389 e. The van der Waals surface area contributed by atoms with Crippen molar-refractivity contribution in [3.8, 4) is 0 Å². The van der Waals surface area contributed by atoms with E-state index in [2.05, 4.69) is 10.4 Å². The van der Waals surface area contributed by atoms with Crippen molar-refractivity contribution in [3.63, 3.8) is 0 Å². The second-order valence-corrected chi connectivity index (χ2v) is 4.57. The van der Waals surface area contributed by atoms with Gasteiger partial charge in [-0.25, -0.2) is 0 Å². The fraction of sp³-hybridized carbons (Fsp3) is 0.636. The topological polar surface area (TPSA) is 93.3 Å². The van der Waals surface area contributed by atoms with Crippen LogP contribution in [0.3, 0.4) is 0 Å². The Morgan fingerprint density at radius 3 is 3.11 bits per heavy atom. The number of likely N-dealkylation sites (N-methyl/N-ethyl adjacent to an activating group) is 1. The molecule has 1 amide bonds. The van der Waals surface area contributed by atoms with Crippen LogP contribution in [0.1, 0.15) is 12.8 Å². The Kier molecular flexibility index (Phi) is 4.10. The molecule has 0 saturated carbocycles. The number of nitrogens with zero attached hydrogens (tertiary/aromatic N) is 4. The predicted octanol–water partition coefficient (Wildman–Crippen LogP) is 0.00170. The van der Waals surface area contributed by atoms with Gasteiger partial charge in [-0.2, -0.15) is 4.68 Å².